The maximum absolute atomic E-state index is 12.9. The van der Waals surface area contributed by atoms with Gasteiger partial charge in [0.25, 0.3) is 5.91 Å². The number of carbonyl (C=O) groups excluding carboxylic acids is 1. The number of nitrogens with zero attached hydrogens (tertiary/aromatic N) is 2. The molecule has 1 amide bonds. The molecule has 0 radical (unpaired) electrons. The van der Waals surface area contributed by atoms with E-state index in [4.69, 9.17) is 16.3 Å². The van der Waals surface area contributed by atoms with E-state index in [0.717, 1.165) is 23.6 Å². The van der Waals surface area contributed by atoms with Crippen molar-refractivity contribution in [1.82, 2.24) is 9.73 Å². The second-order valence-corrected chi connectivity index (χ2v) is 8.39. The van der Waals surface area contributed by atoms with Crippen LogP contribution >= 0.6 is 11.6 Å². The van der Waals surface area contributed by atoms with Crippen LogP contribution in [0.25, 0.3) is 0 Å². The van der Waals surface area contributed by atoms with Crippen LogP contribution in [0.4, 0.5) is 13.2 Å². The fraction of sp³-hybridized carbons (Fsp3) is 0.222. The Bertz CT molecular complexity index is 1060. The number of benzene rings is 2. The minimum Gasteiger partial charge on any atom is -0.495 e. The van der Waals surface area contributed by atoms with Gasteiger partial charge in [0.2, 0.25) is 10.0 Å². The van der Waals surface area contributed by atoms with E-state index in [0.29, 0.717) is 0 Å². The molecule has 0 fully saturated rings. The number of hydrazone groups is 1. The van der Waals surface area contributed by atoms with Crippen LogP contribution < -0.4 is 10.2 Å². The van der Waals surface area contributed by atoms with Gasteiger partial charge in [-0.2, -0.15) is 22.6 Å². The van der Waals surface area contributed by atoms with Crippen LogP contribution in [-0.2, 0) is 21.0 Å². The minimum atomic E-state index is -4.58. The zero-order chi connectivity index (χ0) is 22.5. The lowest BCUT2D eigenvalue weighted by atomic mass is 10.1. The van der Waals surface area contributed by atoms with E-state index in [1.54, 1.807) is 0 Å². The Morgan fingerprint density at radius 2 is 1.93 bits per heavy atom. The average Bonchev–Trinajstić information content (AvgIpc) is 2.67. The molecule has 0 aliphatic carbocycles. The van der Waals surface area contributed by atoms with Crippen LogP contribution in [-0.4, -0.2) is 45.5 Å². The normalized spacial score (nSPS) is 12.4. The van der Waals surface area contributed by atoms with Gasteiger partial charge in [-0.05, 0) is 24.3 Å². The molecule has 12 heteroatoms. The van der Waals surface area contributed by atoms with Crippen LogP contribution in [0.3, 0.4) is 0 Å². The quantitative estimate of drug-likeness (QED) is 0.504. The molecule has 0 unspecified atom stereocenters. The van der Waals surface area contributed by atoms with E-state index in [9.17, 15) is 26.4 Å². The zero-order valence-electron chi connectivity index (χ0n) is 15.8. The van der Waals surface area contributed by atoms with E-state index in [-0.39, 0.29) is 21.2 Å². The lowest BCUT2D eigenvalue weighted by Gasteiger charge is -2.16. The number of amides is 1. The SMILES string of the molecule is COc1ccc(S(=O)(=O)N(C)CC(=O)N/N=C/c2ccccc2C(F)(F)F)cc1Cl. The Kier molecular flexibility index (Phi) is 7.45. The highest BCUT2D eigenvalue weighted by Crippen LogP contribution is 2.31. The lowest BCUT2D eigenvalue weighted by molar-refractivity contribution is -0.137. The summed E-state index contributed by atoms with van der Waals surface area (Å²) in [4.78, 5) is 11.8. The first-order valence-electron chi connectivity index (χ1n) is 8.25. The standard InChI is InChI=1S/C18H17ClF3N3O4S/c1-25(30(27,28)13-7-8-16(29-2)15(19)9-13)11-17(26)24-23-10-12-5-3-4-6-14(12)18(20,21)22/h3-10H,11H2,1-2H3,(H,24,26)/b23-10+. The third-order valence-electron chi connectivity index (χ3n) is 3.86. The highest BCUT2D eigenvalue weighted by molar-refractivity contribution is 7.89. The fourth-order valence-corrected chi connectivity index (χ4v) is 3.83. The molecule has 0 aliphatic heterocycles. The second kappa shape index (κ2) is 9.45. The molecule has 1 N–H and O–H groups in total. The Balaban J connectivity index is 2.06. The van der Waals surface area contributed by atoms with Crippen molar-refractivity contribution >= 4 is 33.7 Å². The van der Waals surface area contributed by atoms with E-state index < -0.39 is 34.2 Å². The molecular formula is C18H17ClF3N3O4S. The van der Waals surface area contributed by atoms with Crippen LogP contribution in [0.1, 0.15) is 11.1 Å². The monoisotopic (exact) mass is 463 g/mol. The third kappa shape index (κ3) is 5.71. The predicted octanol–water partition coefficient (Wildman–Crippen LogP) is 3.14. The number of rotatable bonds is 7. The highest BCUT2D eigenvalue weighted by Gasteiger charge is 2.32. The van der Waals surface area contributed by atoms with Crippen LogP contribution in [0.15, 0.2) is 52.5 Å². The number of sulfonamides is 1. The summed E-state index contributed by atoms with van der Waals surface area (Å²) in [6.07, 6.45) is -3.75. The number of alkyl halides is 3. The number of ether oxygens (including phenoxy) is 1. The van der Waals surface area contributed by atoms with Crippen molar-refractivity contribution in [2.75, 3.05) is 20.7 Å². The van der Waals surface area contributed by atoms with Gasteiger partial charge >= 0.3 is 6.18 Å². The van der Waals surface area contributed by atoms with Crippen molar-refractivity contribution in [3.05, 3.63) is 58.6 Å². The summed E-state index contributed by atoms with van der Waals surface area (Å²) in [6, 6.07) is 8.48. The molecule has 2 rings (SSSR count). The molecule has 2 aromatic carbocycles. The number of halogens is 4. The van der Waals surface area contributed by atoms with E-state index >= 15 is 0 Å². The highest BCUT2D eigenvalue weighted by atomic mass is 35.5. The zero-order valence-corrected chi connectivity index (χ0v) is 17.3. The van der Waals surface area contributed by atoms with Crippen LogP contribution in [0.2, 0.25) is 5.02 Å². The number of nitrogens with one attached hydrogen (secondary N) is 1. The lowest BCUT2D eigenvalue weighted by Crippen LogP contribution is -2.36. The molecule has 30 heavy (non-hydrogen) atoms. The smallest absolute Gasteiger partial charge is 0.417 e. The fourth-order valence-electron chi connectivity index (χ4n) is 2.35. The Labute approximate surface area is 176 Å². The van der Waals surface area contributed by atoms with Gasteiger partial charge in [0.1, 0.15) is 5.75 Å². The van der Waals surface area contributed by atoms with Crippen molar-refractivity contribution in [1.29, 1.82) is 0 Å². The molecule has 0 bridgehead atoms. The van der Waals surface area contributed by atoms with Crippen molar-refractivity contribution in [2.45, 2.75) is 11.1 Å². The van der Waals surface area contributed by atoms with Gasteiger partial charge in [-0.3, -0.25) is 4.79 Å². The van der Waals surface area contributed by atoms with Crippen LogP contribution in [0, 0.1) is 0 Å². The summed E-state index contributed by atoms with van der Waals surface area (Å²) < 4.78 is 69.6. The van der Waals surface area contributed by atoms with Crippen molar-refractivity contribution < 1.29 is 31.1 Å². The first kappa shape index (κ1) is 23.6. The van der Waals surface area contributed by atoms with Gasteiger partial charge in [-0.15, -0.1) is 0 Å². The molecule has 2 aromatic rings. The third-order valence-corrected chi connectivity index (χ3v) is 5.95. The van der Waals surface area contributed by atoms with Crippen molar-refractivity contribution in [3.8, 4) is 5.75 Å². The summed E-state index contributed by atoms with van der Waals surface area (Å²) in [5.41, 5.74) is 0.837. The van der Waals surface area contributed by atoms with Gasteiger partial charge in [0.05, 0.1) is 35.4 Å². The summed E-state index contributed by atoms with van der Waals surface area (Å²) in [6.45, 7) is -0.621. The molecule has 0 aliphatic rings. The second-order valence-electron chi connectivity index (χ2n) is 5.94. The largest absolute Gasteiger partial charge is 0.495 e. The van der Waals surface area contributed by atoms with Gasteiger partial charge in [-0.1, -0.05) is 29.8 Å². The van der Waals surface area contributed by atoms with Gasteiger partial charge < -0.3 is 4.74 Å². The maximum atomic E-state index is 12.9. The number of methoxy groups -OCH3 is 1. The predicted molar refractivity (Wildman–Crippen MR) is 105 cm³/mol. The summed E-state index contributed by atoms with van der Waals surface area (Å²) in [5, 5.41) is 3.55. The van der Waals surface area contributed by atoms with Crippen molar-refractivity contribution in [2.24, 2.45) is 5.10 Å². The number of likely N-dealkylation sites (N-methyl/N-ethyl adjacent to an activating group) is 1. The summed E-state index contributed by atoms with van der Waals surface area (Å²) in [5.74, 6) is -0.564. The molecule has 0 spiro atoms. The summed E-state index contributed by atoms with van der Waals surface area (Å²) in [7, 11) is -1.52. The van der Waals surface area contributed by atoms with Gasteiger partial charge in [0, 0.05) is 12.6 Å². The Morgan fingerprint density at radius 3 is 2.53 bits per heavy atom. The number of hydrogen-bond donors (Lipinski definition) is 1. The maximum Gasteiger partial charge on any atom is 0.417 e. The van der Waals surface area contributed by atoms with Crippen LogP contribution in [0.5, 0.6) is 5.75 Å². The molecule has 0 saturated heterocycles. The molecule has 0 heterocycles. The molecule has 162 valence electrons. The van der Waals surface area contributed by atoms with Crippen molar-refractivity contribution in [3.63, 3.8) is 0 Å². The van der Waals surface area contributed by atoms with E-state index in [1.165, 1.54) is 43.5 Å². The van der Waals surface area contributed by atoms with E-state index in [1.807, 2.05) is 5.43 Å². The molecule has 0 atom stereocenters. The van der Waals surface area contributed by atoms with E-state index in [2.05, 4.69) is 5.10 Å². The minimum absolute atomic E-state index is 0.0735. The average molecular weight is 464 g/mol. The number of hydrogen-bond acceptors (Lipinski definition) is 5. The molecule has 0 saturated carbocycles. The Hall–Kier alpha value is -2.63. The Morgan fingerprint density at radius 1 is 1.27 bits per heavy atom. The molecule has 7 nitrogen and oxygen atoms in total. The van der Waals surface area contributed by atoms with Gasteiger partial charge in [-0.25, -0.2) is 13.8 Å². The topological polar surface area (TPSA) is 88.1 Å². The first-order chi connectivity index (χ1) is 14.0. The number of carbonyl (C=O) groups is 1. The summed E-state index contributed by atoms with van der Waals surface area (Å²) >= 11 is 5.93. The molecular weight excluding hydrogens is 447 g/mol. The molecule has 0 aromatic heterocycles. The first-order valence-corrected chi connectivity index (χ1v) is 10.1. The van der Waals surface area contributed by atoms with Gasteiger partial charge in [0.15, 0.2) is 0 Å².